The third kappa shape index (κ3) is 4.37. The SMILES string of the molecule is O=S(=O)(O)OC1[C@@H](C[S+]2C[C@@H](O)[C@H](O)[C@H]2CO)OC(O)[C@H](O)[C@H]1O. The Morgan fingerprint density at radius 1 is 1.08 bits per heavy atom. The van der Waals surface area contributed by atoms with E-state index in [0.29, 0.717) is 0 Å². The minimum Gasteiger partial charge on any atom is -0.391 e. The summed E-state index contributed by atoms with van der Waals surface area (Å²) in [5, 5.41) is 57.2. The van der Waals surface area contributed by atoms with Gasteiger partial charge in [-0.25, -0.2) is 4.18 Å². The summed E-state index contributed by atoms with van der Waals surface area (Å²) in [7, 11) is -5.83. The average molecular weight is 393 g/mol. The van der Waals surface area contributed by atoms with Crippen molar-refractivity contribution in [1.29, 1.82) is 0 Å². The van der Waals surface area contributed by atoms with Gasteiger partial charge in [-0.2, -0.15) is 8.42 Å². The molecule has 13 heteroatoms. The highest BCUT2D eigenvalue weighted by Crippen LogP contribution is 2.30. The third-order valence-corrected chi connectivity index (χ3v) is 7.31. The van der Waals surface area contributed by atoms with Crippen LogP contribution in [0.3, 0.4) is 0 Å². The van der Waals surface area contributed by atoms with Crippen LogP contribution in [0.25, 0.3) is 0 Å². The molecular formula is C11H21O11S2+. The largest absolute Gasteiger partial charge is 0.397 e. The molecule has 0 radical (unpaired) electrons. The van der Waals surface area contributed by atoms with Gasteiger partial charge in [0.1, 0.15) is 48.1 Å². The molecule has 0 aliphatic carbocycles. The van der Waals surface area contributed by atoms with Crippen LogP contribution in [-0.4, -0.2) is 110 Å². The zero-order valence-electron chi connectivity index (χ0n) is 12.3. The molecule has 0 aromatic heterocycles. The van der Waals surface area contributed by atoms with E-state index in [0.717, 1.165) is 0 Å². The van der Waals surface area contributed by atoms with Crippen LogP contribution in [0.4, 0.5) is 0 Å². The monoisotopic (exact) mass is 393 g/mol. The van der Waals surface area contributed by atoms with Gasteiger partial charge in [0.25, 0.3) is 0 Å². The van der Waals surface area contributed by atoms with Gasteiger partial charge in [-0.05, 0) is 0 Å². The molecule has 0 saturated carbocycles. The van der Waals surface area contributed by atoms with E-state index in [2.05, 4.69) is 4.18 Å². The summed E-state index contributed by atoms with van der Waals surface area (Å²) < 4.78 is 40.1. The lowest BCUT2D eigenvalue weighted by molar-refractivity contribution is -0.272. The van der Waals surface area contributed by atoms with E-state index in [1.54, 1.807) is 0 Å². The summed E-state index contributed by atoms with van der Waals surface area (Å²) in [5.74, 6) is 0.0139. The molecular weight excluding hydrogens is 372 g/mol. The zero-order valence-corrected chi connectivity index (χ0v) is 14.0. The van der Waals surface area contributed by atoms with Crippen molar-refractivity contribution in [3.8, 4) is 0 Å². The molecule has 0 aromatic carbocycles. The smallest absolute Gasteiger partial charge is 0.391 e. The first-order chi connectivity index (χ1) is 11.0. The number of rotatable bonds is 5. The van der Waals surface area contributed by atoms with Gasteiger partial charge in [0, 0.05) is 10.9 Å². The molecule has 2 aliphatic heterocycles. The van der Waals surface area contributed by atoms with Crippen molar-refractivity contribution in [3.05, 3.63) is 0 Å². The quantitative estimate of drug-likeness (QED) is 0.175. The summed E-state index contributed by atoms with van der Waals surface area (Å²) in [6.45, 7) is -0.439. The van der Waals surface area contributed by atoms with Crippen molar-refractivity contribution >= 4 is 21.3 Å². The van der Waals surface area contributed by atoms with Crippen LogP contribution >= 0.6 is 0 Å². The average Bonchev–Trinajstić information content (AvgIpc) is 2.74. The first kappa shape index (κ1) is 20.3. The number of hydrogen-bond donors (Lipinski definition) is 7. The molecule has 0 bridgehead atoms. The zero-order chi connectivity index (χ0) is 18.2. The second-order valence-corrected chi connectivity index (χ2v) is 9.08. The van der Waals surface area contributed by atoms with Crippen LogP contribution in [0.5, 0.6) is 0 Å². The molecule has 7 N–H and O–H groups in total. The van der Waals surface area contributed by atoms with Gasteiger partial charge < -0.3 is 35.4 Å². The van der Waals surface area contributed by atoms with E-state index in [1.165, 1.54) is 0 Å². The molecule has 9 atom stereocenters. The van der Waals surface area contributed by atoms with Crippen molar-refractivity contribution < 1.29 is 52.5 Å². The summed E-state index contributed by atoms with van der Waals surface area (Å²) in [6, 6.07) is 0. The molecule has 2 heterocycles. The fraction of sp³-hybridized carbons (Fsp3) is 1.00. The highest BCUT2D eigenvalue weighted by atomic mass is 32.3. The Bertz CT molecular complexity index is 528. The first-order valence-electron chi connectivity index (χ1n) is 7.03. The fourth-order valence-electron chi connectivity index (χ4n) is 2.82. The predicted octanol–water partition coefficient (Wildman–Crippen LogP) is -4.67. The van der Waals surface area contributed by atoms with Crippen molar-refractivity contribution in [2.75, 3.05) is 18.1 Å². The van der Waals surface area contributed by atoms with Crippen LogP contribution in [-0.2, 0) is 30.2 Å². The Morgan fingerprint density at radius 2 is 1.71 bits per heavy atom. The van der Waals surface area contributed by atoms with Gasteiger partial charge in [-0.15, -0.1) is 0 Å². The lowest BCUT2D eigenvalue weighted by Gasteiger charge is -2.39. The van der Waals surface area contributed by atoms with Crippen molar-refractivity contribution in [2.24, 2.45) is 0 Å². The van der Waals surface area contributed by atoms with Crippen LogP contribution in [0.15, 0.2) is 0 Å². The second kappa shape index (κ2) is 7.67. The van der Waals surface area contributed by atoms with Gasteiger partial charge in [0.15, 0.2) is 11.5 Å². The minimum absolute atomic E-state index is 0.0830. The molecule has 2 fully saturated rings. The van der Waals surface area contributed by atoms with Crippen LogP contribution in [0.2, 0.25) is 0 Å². The van der Waals surface area contributed by atoms with Crippen molar-refractivity contribution in [1.82, 2.24) is 0 Å². The van der Waals surface area contributed by atoms with E-state index >= 15 is 0 Å². The lowest BCUT2D eigenvalue weighted by Crippen LogP contribution is -2.60. The maximum absolute atomic E-state index is 10.9. The Hall–Kier alpha value is -0.0600. The number of ether oxygens (including phenoxy) is 1. The van der Waals surface area contributed by atoms with E-state index in [9.17, 15) is 39.1 Å². The Kier molecular flexibility index (Phi) is 6.47. The van der Waals surface area contributed by atoms with Gasteiger partial charge in [-0.1, -0.05) is 0 Å². The molecule has 3 unspecified atom stereocenters. The highest BCUT2D eigenvalue weighted by Gasteiger charge is 2.54. The minimum atomic E-state index is -4.98. The van der Waals surface area contributed by atoms with Crippen molar-refractivity contribution in [3.63, 3.8) is 0 Å². The molecule has 0 spiro atoms. The summed E-state index contributed by atoms with van der Waals surface area (Å²) in [4.78, 5) is 0. The molecule has 0 amide bonds. The molecule has 142 valence electrons. The fourth-order valence-corrected chi connectivity index (χ4v) is 6.08. The molecule has 11 nitrogen and oxygen atoms in total. The molecule has 24 heavy (non-hydrogen) atoms. The highest BCUT2D eigenvalue weighted by molar-refractivity contribution is 7.97. The van der Waals surface area contributed by atoms with E-state index in [4.69, 9.17) is 9.29 Å². The van der Waals surface area contributed by atoms with E-state index in [1.807, 2.05) is 0 Å². The lowest BCUT2D eigenvalue weighted by atomic mass is 10.0. The Balaban J connectivity index is 2.18. The molecule has 2 rings (SSSR count). The molecule has 2 saturated heterocycles. The van der Waals surface area contributed by atoms with E-state index in [-0.39, 0.29) is 11.5 Å². The molecule has 2 aliphatic rings. The number of aliphatic hydroxyl groups excluding tert-OH is 6. The van der Waals surface area contributed by atoms with Gasteiger partial charge in [-0.3, -0.25) is 4.55 Å². The van der Waals surface area contributed by atoms with Crippen LogP contribution in [0, 0.1) is 0 Å². The Labute approximate surface area is 140 Å². The van der Waals surface area contributed by atoms with Crippen molar-refractivity contribution in [2.45, 2.75) is 48.2 Å². The Morgan fingerprint density at radius 3 is 2.25 bits per heavy atom. The third-order valence-electron chi connectivity index (χ3n) is 4.04. The van der Waals surface area contributed by atoms with E-state index < -0.39 is 76.1 Å². The second-order valence-electron chi connectivity index (χ2n) is 5.68. The predicted molar refractivity (Wildman–Crippen MR) is 79.3 cm³/mol. The first-order valence-corrected chi connectivity index (χ1v) is 10.0. The van der Waals surface area contributed by atoms with Gasteiger partial charge >= 0.3 is 10.4 Å². The molecule has 0 aromatic rings. The van der Waals surface area contributed by atoms with Crippen LogP contribution in [0.1, 0.15) is 0 Å². The van der Waals surface area contributed by atoms with Crippen LogP contribution < -0.4 is 0 Å². The summed E-state index contributed by atoms with van der Waals surface area (Å²) in [6.07, 6.45) is -10.8. The number of hydrogen-bond acceptors (Lipinski definition) is 10. The number of aliphatic hydroxyl groups is 6. The summed E-state index contributed by atoms with van der Waals surface area (Å²) in [5.41, 5.74) is 0. The standard InChI is InChI=1S/C11H20O11S2/c12-1-6-7(14)4(13)2-23(6)3-5-10(22-24(18,19)20)8(15)9(16)11(17)21-5/h4-17H,1-3H2/p+1/t4-,5-,6-,7+,8-,9-,10?,11?,23?/m1/s1. The van der Waals surface area contributed by atoms with Gasteiger partial charge in [0.05, 0.1) is 6.61 Å². The topological polar surface area (TPSA) is 194 Å². The summed E-state index contributed by atoms with van der Waals surface area (Å²) >= 11 is 0. The maximum atomic E-state index is 10.9. The maximum Gasteiger partial charge on any atom is 0.397 e. The normalized spacial score (nSPS) is 47.0. The van der Waals surface area contributed by atoms with Gasteiger partial charge in [0.2, 0.25) is 0 Å².